The summed E-state index contributed by atoms with van der Waals surface area (Å²) in [6.07, 6.45) is 2.97. The predicted octanol–water partition coefficient (Wildman–Crippen LogP) is 0.734. The van der Waals surface area contributed by atoms with Crippen molar-refractivity contribution in [1.29, 1.82) is 0 Å². The molecule has 3 nitrogen and oxygen atoms in total. The second-order valence-corrected chi connectivity index (χ2v) is 2.42. The highest BCUT2D eigenvalue weighted by Crippen LogP contribution is 1.93. The maximum absolute atomic E-state index is 10.7. The lowest BCUT2D eigenvalue weighted by Crippen LogP contribution is -2.12. The Morgan fingerprint density at radius 3 is 2.82 bits per heavy atom. The third-order valence-corrected chi connectivity index (χ3v) is 1.12. The van der Waals surface area contributed by atoms with Crippen molar-refractivity contribution < 1.29 is 14.6 Å². The van der Waals surface area contributed by atoms with Gasteiger partial charge in [-0.3, -0.25) is 0 Å². The van der Waals surface area contributed by atoms with Crippen LogP contribution in [0.25, 0.3) is 0 Å². The van der Waals surface area contributed by atoms with Crippen molar-refractivity contribution in [2.75, 3.05) is 13.2 Å². The predicted molar refractivity (Wildman–Crippen MR) is 42.0 cm³/mol. The molecular formula is C8H14O3. The van der Waals surface area contributed by atoms with Gasteiger partial charge in [0.1, 0.15) is 0 Å². The molecule has 0 aliphatic heterocycles. The van der Waals surface area contributed by atoms with Crippen LogP contribution in [-0.4, -0.2) is 24.3 Å². The van der Waals surface area contributed by atoms with Gasteiger partial charge in [0, 0.05) is 18.6 Å². The van der Waals surface area contributed by atoms with Crippen LogP contribution in [0, 0.1) is 5.92 Å². The smallest absolute Gasteiger partial charge is 0.330 e. The zero-order valence-electron chi connectivity index (χ0n) is 6.91. The van der Waals surface area contributed by atoms with Crippen molar-refractivity contribution in [2.24, 2.45) is 5.92 Å². The second-order valence-electron chi connectivity index (χ2n) is 2.42. The molecule has 0 bridgehead atoms. The van der Waals surface area contributed by atoms with Crippen molar-refractivity contribution in [1.82, 2.24) is 0 Å². The molecule has 0 fully saturated rings. The number of aliphatic hydroxyl groups is 1. The van der Waals surface area contributed by atoms with E-state index in [4.69, 9.17) is 9.84 Å². The van der Waals surface area contributed by atoms with Crippen molar-refractivity contribution in [2.45, 2.75) is 13.8 Å². The zero-order valence-corrected chi connectivity index (χ0v) is 6.91. The Balaban J connectivity index is 3.45. The highest BCUT2D eigenvalue weighted by molar-refractivity contribution is 5.81. The normalized spacial score (nSPS) is 13.4. The summed E-state index contributed by atoms with van der Waals surface area (Å²) < 4.78 is 4.75. The van der Waals surface area contributed by atoms with Gasteiger partial charge in [-0.05, 0) is 6.92 Å². The number of allylic oxidation sites excluding steroid dienone is 1. The van der Waals surface area contributed by atoms with Crippen molar-refractivity contribution >= 4 is 5.97 Å². The highest BCUT2D eigenvalue weighted by Gasteiger charge is 2.02. The molecule has 1 N–H and O–H groups in total. The van der Waals surface area contributed by atoms with Crippen LogP contribution in [0.5, 0.6) is 0 Å². The fourth-order valence-electron chi connectivity index (χ4n) is 0.461. The summed E-state index contributed by atoms with van der Waals surface area (Å²) in [6, 6.07) is 0. The largest absolute Gasteiger partial charge is 0.462 e. The van der Waals surface area contributed by atoms with Crippen LogP contribution in [0.4, 0.5) is 0 Å². The molecule has 0 rings (SSSR count). The SMILES string of the molecule is C/C=C/C(=O)OCC(C)CO. The first kappa shape index (κ1) is 10.2. The van der Waals surface area contributed by atoms with Gasteiger partial charge in [0.25, 0.3) is 0 Å². The minimum Gasteiger partial charge on any atom is -0.462 e. The number of ether oxygens (including phenoxy) is 1. The number of hydrogen-bond acceptors (Lipinski definition) is 3. The fraction of sp³-hybridized carbons (Fsp3) is 0.625. The van der Waals surface area contributed by atoms with Crippen LogP contribution in [0.1, 0.15) is 13.8 Å². The van der Waals surface area contributed by atoms with Crippen molar-refractivity contribution in [3.05, 3.63) is 12.2 Å². The van der Waals surface area contributed by atoms with Crippen LogP contribution in [0.15, 0.2) is 12.2 Å². The summed E-state index contributed by atoms with van der Waals surface area (Å²) in [5.41, 5.74) is 0. The van der Waals surface area contributed by atoms with Gasteiger partial charge in [-0.1, -0.05) is 13.0 Å². The van der Waals surface area contributed by atoms with Gasteiger partial charge in [-0.2, -0.15) is 0 Å². The van der Waals surface area contributed by atoms with Crippen LogP contribution in [0.3, 0.4) is 0 Å². The summed E-state index contributed by atoms with van der Waals surface area (Å²) in [7, 11) is 0. The number of esters is 1. The molecule has 0 heterocycles. The topological polar surface area (TPSA) is 46.5 Å². The quantitative estimate of drug-likeness (QED) is 0.484. The maximum atomic E-state index is 10.7. The molecule has 64 valence electrons. The fourth-order valence-corrected chi connectivity index (χ4v) is 0.461. The lowest BCUT2D eigenvalue weighted by Gasteiger charge is -2.06. The lowest BCUT2D eigenvalue weighted by atomic mass is 10.2. The first-order chi connectivity index (χ1) is 5.20. The Bertz CT molecular complexity index is 140. The van der Waals surface area contributed by atoms with Gasteiger partial charge < -0.3 is 9.84 Å². The van der Waals surface area contributed by atoms with Gasteiger partial charge in [0.05, 0.1) is 6.61 Å². The minimum absolute atomic E-state index is 0.0178. The Hall–Kier alpha value is -0.830. The Labute approximate surface area is 66.7 Å². The summed E-state index contributed by atoms with van der Waals surface area (Å²) in [6.45, 7) is 3.88. The van der Waals surface area contributed by atoms with E-state index < -0.39 is 0 Å². The standard InChI is InChI=1S/C8H14O3/c1-3-4-8(10)11-6-7(2)5-9/h3-4,7,9H,5-6H2,1-2H3/b4-3+. The van der Waals surface area contributed by atoms with E-state index in [1.807, 2.05) is 6.92 Å². The molecule has 0 aliphatic rings. The lowest BCUT2D eigenvalue weighted by molar-refractivity contribution is -0.139. The molecule has 0 aliphatic carbocycles. The molecule has 0 aromatic carbocycles. The van der Waals surface area contributed by atoms with Crippen LogP contribution in [0.2, 0.25) is 0 Å². The van der Waals surface area contributed by atoms with Gasteiger partial charge in [-0.15, -0.1) is 0 Å². The Morgan fingerprint density at radius 1 is 1.73 bits per heavy atom. The van der Waals surface area contributed by atoms with E-state index in [2.05, 4.69) is 0 Å². The van der Waals surface area contributed by atoms with E-state index in [1.54, 1.807) is 13.0 Å². The highest BCUT2D eigenvalue weighted by atomic mass is 16.5. The van der Waals surface area contributed by atoms with Gasteiger partial charge >= 0.3 is 5.97 Å². The first-order valence-electron chi connectivity index (χ1n) is 3.61. The van der Waals surface area contributed by atoms with Gasteiger partial charge in [0.2, 0.25) is 0 Å². The van der Waals surface area contributed by atoms with Gasteiger partial charge in [0.15, 0.2) is 0 Å². The Kier molecular flexibility index (Phi) is 5.47. The number of rotatable bonds is 4. The molecule has 3 heteroatoms. The van der Waals surface area contributed by atoms with E-state index in [9.17, 15) is 4.79 Å². The molecule has 1 unspecified atom stereocenters. The second kappa shape index (κ2) is 5.92. The molecule has 0 aromatic heterocycles. The Morgan fingerprint density at radius 2 is 2.36 bits per heavy atom. The summed E-state index contributed by atoms with van der Waals surface area (Å²) in [4.78, 5) is 10.7. The monoisotopic (exact) mass is 158 g/mol. The van der Waals surface area contributed by atoms with Crippen molar-refractivity contribution in [3.8, 4) is 0 Å². The number of carbonyl (C=O) groups is 1. The number of hydrogen-bond donors (Lipinski definition) is 1. The molecule has 1 atom stereocenters. The van der Waals surface area contributed by atoms with Gasteiger partial charge in [-0.25, -0.2) is 4.79 Å². The maximum Gasteiger partial charge on any atom is 0.330 e. The third kappa shape index (κ3) is 5.61. The van der Waals surface area contributed by atoms with Crippen molar-refractivity contribution in [3.63, 3.8) is 0 Å². The van der Waals surface area contributed by atoms with E-state index in [-0.39, 0.29) is 25.1 Å². The van der Waals surface area contributed by atoms with E-state index in [0.717, 1.165) is 0 Å². The van der Waals surface area contributed by atoms with E-state index in [1.165, 1.54) is 6.08 Å². The summed E-state index contributed by atoms with van der Waals surface area (Å²) >= 11 is 0. The van der Waals surface area contributed by atoms with Crippen LogP contribution in [-0.2, 0) is 9.53 Å². The van der Waals surface area contributed by atoms with Crippen LogP contribution < -0.4 is 0 Å². The molecule has 0 amide bonds. The average molecular weight is 158 g/mol. The third-order valence-electron chi connectivity index (χ3n) is 1.12. The van der Waals surface area contributed by atoms with E-state index in [0.29, 0.717) is 0 Å². The molecule has 0 saturated carbocycles. The summed E-state index contributed by atoms with van der Waals surface area (Å²) in [5.74, 6) is -0.336. The molecule has 0 spiro atoms. The first-order valence-corrected chi connectivity index (χ1v) is 3.61. The molecule has 0 saturated heterocycles. The van der Waals surface area contributed by atoms with E-state index >= 15 is 0 Å². The molecule has 11 heavy (non-hydrogen) atoms. The molecule has 0 radical (unpaired) electrons. The summed E-state index contributed by atoms with van der Waals surface area (Å²) in [5, 5.41) is 8.57. The number of carbonyl (C=O) groups excluding carboxylic acids is 1. The molecular weight excluding hydrogens is 144 g/mol. The zero-order chi connectivity index (χ0) is 8.69. The van der Waals surface area contributed by atoms with Crippen LogP contribution >= 0.6 is 0 Å². The molecule has 0 aromatic rings. The average Bonchev–Trinajstić information content (AvgIpc) is 2.01. The minimum atomic E-state index is -0.354. The number of aliphatic hydroxyl groups excluding tert-OH is 1.